The van der Waals surface area contributed by atoms with E-state index in [0.717, 1.165) is 0 Å². The number of hydrogen-bond donors (Lipinski definition) is 1. The lowest BCUT2D eigenvalue weighted by Crippen LogP contribution is -2.35. The third-order valence-corrected chi connectivity index (χ3v) is 2.28. The van der Waals surface area contributed by atoms with Crippen LogP contribution >= 0.6 is 0 Å². The van der Waals surface area contributed by atoms with E-state index in [1.165, 1.54) is 25.8 Å². The zero-order valence-electron chi connectivity index (χ0n) is 6.14. The van der Waals surface area contributed by atoms with Crippen LogP contribution in [0.4, 0.5) is 0 Å². The summed E-state index contributed by atoms with van der Waals surface area (Å²) in [6, 6.07) is 0.679. The molecule has 0 amide bonds. The van der Waals surface area contributed by atoms with Gasteiger partial charge in [0.25, 0.3) is 0 Å². The Bertz CT molecular complexity index is 179. The minimum atomic E-state index is 0.679. The second-order valence-corrected chi connectivity index (χ2v) is 2.99. The van der Waals surface area contributed by atoms with Crippen LogP contribution in [0.25, 0.3) is 0 Å². The van der Waals surface area contributed by atoms with Crippen molar-refractivity contribution < 1.29 is 0 Å². The molecule has 1 N–H and O–H groups in total. The molecule has 1 heterocycles. The van der Waals surface area contributed by atoms with Crippen molar-refractivity contribution in [2.45, 2.75) is 25.3 Å². The molecule has 1 atom stereocenters. The van der Waals surface area contributed by atoms with Crippen molar-refractivity contribution in [3.8, 4) is 0 Å². The van der Waals surface area contributed by atoms with E-state index in [9.17, 15) is 0 Å². The Balaban J connectivity index is 2.17. The second kappa shape index (κ2) is 2.59. The highest BCUT2D eigenvalue weighted by molar-refractivity contribution is 5.22. The molecule has 2 rings (SSSR count). The lowest BCUT2D eigenvalue weighted by molar-refractivity contribution is 0.536. The number of rotatable bonds is 0. The molecule has 10 heavy (non-hydrogen) atoms. The third-order valence-electron chi connectivity index (χ3n) is 2.28. The molecule has 0 radical (unpaired) electrons. The summed E-state index contributed by atoms with van der Waals surface area (Å²) in [5.41, 5.74) is 1.61. The Labute approximate surface area is 61.8 Å². The minimum absolute atomic E-state index is 0.679. The predicted octanol–water partition coefficient (Wildman–Crippen LogP) is 1.62. The maximum absolute atomic E-state index is 3.50. The fourth-order valence-corrected chi connectivity index (χ4v) is 1.70. The smallest absolute Gasteiger partial charge is 0.0317 e. The molecule has 1 nitrogen and oxygen atoms in total. The van der Waals surface area contributed by atoms with Crippen LogP contribution < -0.4 is 5.32 Å². The average molecular weight is 135 g/mol. The van der Waals surface area contributed by atoms with E-state index < -0.39 is 0 Å². The van der Waals surface area contributed by atoms with Gasteiger partial charge in [-0.05, 0) is 25.8 Å². The molecule has 0 bridgehead atoms. The summed E-state index contributed by atoms with van der Waals surface area (Å²) in [5.74, 6) is 0. The highest BCUT2D eigenvalue weighted by Gasteiger charge is 2.16. The molecule has 0 spiro atoms. The maximum Gasteiger partial charge on any atom is 0.0317 e. The van der Waals surface area contributed by atoms with Crippen LogP contribution in [0.3, 0.4) is 0 Å². The SMILES string of the molecule is C1=CCC2NCCC=C2C1. The molecule has 0 fully saturated rings. The van der Waals surface area contributed by atoms with Crippen LogP contribution in [0.2, 0.25) is 0 Å². The largest absolute Gasteiger partial charge is 0.310 e. The predicted molar refractivity (Wildman–Crippen MR) is 42.9 cm³/mol. The Morgan fingerprint density at radius 1 is 1.40 bits per heavy atom. The fourth-order valence-electron chi connectivity index (χ4n) is 1.70. The first-order chi connectivity index (χ1) is 4.97. The molecular weight excluding hydrogens is 122 g/mol. The number of allylic oxidation sites excluding steroid dienone is 1. The molecule has 0 aromatic carbocycles. The number of hydrogen-bond acceptors (Lipinski definition) is 1. The monoisotopic (exact) mass is 135 g/mol. The standard InChI is InChI=1S/C9H13N/c1-2-6-9-8(4-1)5-3-7-10-9/h1-2,5,9-10H,3-4,6-7H2. The van der Waals surface area contributed by atoms with E-state index in [-0.39, 0.29) is 0 Å². The topological polar surface area (TPSA) is 12.0 Å². The van der Waals surface area contributed by atoms with E-state index in [2.05, 4.69) is 23.5 Å². The summed E-state index contributed by atoms with van der Waals surface area (Å²) in [7, 11) is 0. The average Bonchev–Trinajstić information content (AvgIpc) is 2.05. The van der Waals surface area contributed by atoms with Gasteiger partial charge in [-0.2, -0.15) is 0 Å². The van der Waals surface area contributed by atoms with Gasteiger partial charge in [-0.25, -0.2) is 0 Å². The third kappa shape index (κ3) is 1.01. The van der Waals surface area contributed by atoms with Gasteiger partial charge in [0.15, 0.2) is 0 Å². The van der Waals surface area contributed by atoms with Gasteiger partial charge in [-0.15, -0.1) is 0 Å². The molecule has 2 aliphatic rings. The molecule has 1 aliphatic carbocycles. The van der Waals surface area contributed by atoms with E-state index in [4.69, 9.17) is 0 Å². The van der Waals surface area contributed by atoms with Crippen LogP contribution in [-0.2, 0) is 0 Å². The molecule has 1 unspecified atom stereocenters. The van der Waals surface area contributed by atoms with Crippen molar-refractivity contribution in [3.05, 3.63) is 23.8 Å². The zero-order valence-corrected chi connectivity index (χ0v) is 6.14. The van der Waals surface area contributed by atoms with E-state index in [1.807, 2.05) is 0 Å². The highest BCUT2D eigenvalue weighted by Crippen LogP contribution is 2.20. The molecule has 1 aliphatic heterocycles. The Morgan fingerprint density at radius 3 is 3.30 bits per heavy atom. The van der Waals surface area contributed by atoms with Crippen LogP contribution in [0, 0.1) is 0 Å². The first-order valence-corrected chi connectivity index (χ1v) is 4.04. The lowest BCUT2D eigenvalue weighted by Gasteiger charge is -2.26. The van der Waals surface area contributed by atoms with Crippen LogP contribution in [0.5, 0.6) is 0 Å². The van der Waals surface area contributed by atoms with Crippen molar-refractivity contribution in [3.63, 3.8) is 0 Å². The summed E-state index contributed by atoms with van der Waals surface area (Å²) < 4.78 is 0. The summed E-state index contributed by atoms with van der Waals surface area (Å²) in [4.78, 5) is 0. The Kier molecular flexibility index (Phi) is 1.60. The molecule has 0 saturated heterocycles. The fraction of sp³-hybridized carbons (Fsp3) is 0.556. The molecule has 54 valence electrons. The maximum atomic E-state index is 3.50. The summed E-state index contributed by atoms with van der Waals surface area (Å²) in [6.45, 7) is 1.17. The summed E-state index contributed by atoms with van der Waals surface area (Å²) >= 11 is 0. The van der Waals surface area contributed by atoms with Gasteiger partial charge in [-0.1, -0.05) is 23.8 Å². The Morgan fingerprint density at radius 2 is 2.40 bits per heavy atom. The van der Waals surface area contributed by atoms with Gasteiger partial charge in [0.05, 0.1) is 0 Å². The van der Waals surface area contributed by atoms with Gasteiger partial charge in [0.1, 0.15) is 0 Å². The van der Waals surface area contributed by atoms with Crippen molar-refractivity contribution in [2.75, 3.05) is 6.54 Å². The first kappa shape index (κ1) is 6.17. The number of nitrogens with one attached hydrogen (secondary N) is 1. The molecule has 0 saturated carbocycles. The van der Waals surface area contributed by atoms with E-state index >= 15 is 0 Å². The normalized spacial score (nSPS) is 31.2. The lowest BCUT2D eigenvalue weighted by atomic mass is 9.92. The van der Waals surface area contributed by atoms with Crippen molar-refractivity contribution in [1.82, 2.24) is 5.32 Å². The molecule has 1 heteroatoms. The summed E-state index contributed by atoms with van der Waals surface area (Å²) in [6.07, 6.45) is 10.5. The Hall–Kier alpha value is -0.560. The molecule has 0 aromatic heterocycles. The molecule has 0 aromatic rings. The van der Waals surface area contributed by atoms with Crippen molar-refractivity contribution in [1.29, 1.82) is 0 Å². The van der Waals surface area contributed by atoms with Crippen molar-refractivity contribution >= 4 is 0 Å². The highest BCUT2D eigenvalue weighted by atomic mass is 14.9. The first-order valence-electron chi connectivity index (χ1n) is 4.04. The second-order valence-electron chi connectivity index (χ2n) is 2.99. The summed E-state index contributed by atoms with van der Waals surface area (Å²) in [5, 5.41) is 3.50. The zero-order chi connectivity index (χ0) is 6.81. The van der Waals surface area contributed by atoms with E-state index in [1.54, 1.807) is 5.57 Å². The van der Waals surface area contributed by atoms with Gasteiger partial charge in [-0.3, -0.25) is 0 Å². The van der Waals surface area contributed by atoms with Gasteiger partial charge >= 0.3 is 0 Å². The van der Waals surface area contributed by atoms with Crippen LogP contribution in [0.15, 0.2) is 23.8 Å². The molecular formula is C9H13N. The van der Waals surface area contributed by atoms with Crippen molar-refractivity contribution in [2.24, 2.45) is 0 Å². The van der Waals surface area contributed by atoms with Gasteiger partial charge in [0, 0.05) is 6.04 Å². The van der Waals surface area contributed by atoms with Crippen LogP contribution in [-0.4, -0.2) is 12.6 Å². The van der Waals surface area contributed by atoms with Crippen LogP contribution in [0.1, 0.15) is 19.3 Å². The van der Waals surface area contributed by atoms with Gasteiger partial charge < -0.3 is 5.32 Å². The quantitative estimate of drug-likeness (QED) is 0.498. The van der Waals surface area contributed by atoms with E-state index in [0.29, 0.717) is 6.04 Å². The minimum Gasteiger partial charge on any atom is -0.310 e. The van der Waals surface area contributed by atoms with Gasteiger partial charge in [0.2, 0.25) is 0 Å². The number of fused-ring (bicyclic) bond motifs is 1.